The average molecular weight is 552 g/mol. The summed E-state index contributed by atoms with van der Waals surface area (Å²) in [6.45, 7) is 1.08. The topological polar surface area (TPSA) is 159 Å². The van der Waals surface area contributed by atoms with Gasteiger partial charge in [0, 0.05) is 50.6 Å². The lowest BCUT2D eigenvalue weighted by atomic mass is 9.90. The molecule has 0 spiro atoms. The summed E-state index contributed by atoms with van der Waals surface area (Å²) in [4.78, 5) is 34.3. The van der Waals surface area contributed by atoms with E-state index in [9.17, 15) is 4.79 Å². The highest BCUT2D eigenvalue weighted by Gasteiger charge is 2.26. The monoisotopic (exact) mass is 551 g/mol. The number of aromatic nitrogens is 5. The molecule has 0 radical (unpaired) electrons. The first-order valence-corrected chi connectivity index (χ1v) is 12.0. The van der Waals surface area contributed by atoms with Crippen molar-refractivity contribution in [3.05, 3.63) is 93.7 Å². The van der Waals surface area contributed by atoms with Crippen molar-refractivity contribution in [2.45, 2.75) is 19.3 Å². The number of aromatic amines is 1. The summed E-state index contributed by atoms with van der Waals surface area (Å²) in [7, 11) is 6.50. The molecule has 4 aromatic rings. The number of H-pyrrole nitrogens is 1. The van der Waals surface area contributed by atoms with Gasteiger partial charge in [0.25, 0.3) is 11.9 Å². The zero-order chi connectivity index (χ0) is 29.4. The number of nitrogens with one attached hydrogen (secondary N) is 2. The van der Waals surface area contributed by atoms with Gasteiger partial charge in [-0.3, -0.25) is 15.2 Å². The Balaban J connectivity index is 0.00000103. The summed E-state index contributed by atoms with van der Waals surface area (Å²) in [5.41, 5.74) is 1.33. The molecule has 0 fully saturated rings. The Bertz CT molecular complexity index is 1510. The molecular formula is C27H30FN7O5. The average Bonchev–Trinajstić information content (AvgIpc) is 3.33. The molecule has 2 aromatic carbocycles. The van der Waals surface area contributed by atoms with Crippen LogP contribution in [0.15, 0.2) is 59.7 Å². The van der Waals surface area contributed by atoms with Gasteiger partial charge in [-0.25, -0.2) is 19.2 Å². The maximum Gasteiger partial charge on any atom is 0.350 e. The van der Waals surface area contributed by atoms with Gasteiger partial charge in [-0.05, 0) is 24.1 Å². The van der Waals surface area contributed by atoms with Crippen molar-refractivity contribution in [2.24, 2.45) is 0 Å². The number of benzene rings is 2. The van der Waals surface area contributed by atoms with Crippen LogP contribution in [0.25, 0.3) is 5.95 Å². The summed E-state index contributed by atoms with van der Waals surface area (Å²) in [5, 5.41) is 20.0. The van der Waals surface area contributed by atoms with Crippen molar-refractivity contribution in [3.63, 3.8) is 0 Å². The lowest BCUT2D eigenvalue weighted by molar-refractivity contribution is -0.134. The van der Waals surface area contributed by atoms with Gasteiger partial charge in [0.15, 0.2) is 11.5 Å². The van der Waals surface area contributed by atoms with Gasteiger partial charge in [-0.2, -0.15) is 0 Å². The third-order valence-electron chi connectivity index (χ3n) is 5.70. The molecule has 1 atom stereocenters. The number of nitrogens with zero attached hydrogens (tertiary/aromatic N) is 5. The molecule has 13 heteroatoms. The number of hydrogen-bond donors (Lipinski definition) is 3. The molecule has 3 N–H and O–H groups in total. The second-order valence-electron chi connectivity index (χ2n) is 8.72. The van der Waals surface area contributed by atoms with Crippen molar-refractivity contribution in [1.82, 2.24) is 29.6 Å². The Morgan fingerprint density at radius 1 is 1.12 bits per heavy atom. The van der Waals surface area contributed by atoms with Gasteiger partial charge >= 0.3 is 5.69 Å². The highest BCUT2D eigenvalue weighted by molar-refractivity contribution is 5.96. The molecule has 0 bridgehead atoms. The Kier molecular flexibility index (Phi) is 9.68. The largest absolute Gasteiger partial charge is 0.493 e. The van der Waals surface area contributed by atoms with Crippen LogP contribution >= 0.6 is 0 Å². The molecule has 1 unspecified atom stereocenters. The molecule has 0 aliphatic carbocycles. The Hall–Kier alpha value is -5.07. The summed E-state index contributed by atoms with van der Waals surface area (Å²) in [6, 6.07) is 11.8. The van der Waals surface area contributed by atoms with Crippen LogP contribution < -0.4 is 15.2 Å². The quantitative estimate of drug-likeness (QED) is 0.221. The van der Waals surface area contributed by atoms with E-state index in [1.54, 1.807) is 31.1 Å². The van der Waals surface area contributed by atoms with Crippen LogP contribution in [0.4, 0.5) is 4.39 Å². The predicted octanol–water partition coefficient (Wildman–Crippen LogP) is 2.86. The maximum absolute atomic E-state index is 15.4. The SMILES string of the molecule is CC(=O)O.COc1cc(F)c(C(Cc2ccc(C(=N)N(C)C)cc2)c2nn(-c3ncccn3)c(=O)[nH]2)cc1OC. The maximum atomic E-state index is 15.4. The number of carboxylic acid groups (broad SMARTS) is 1. The number of aliphatic carboxylic acids is 1. The summed E-state index contributed by atoms with van der Waals surface area (Å²) in [5.74, 6) is -0.735. The van der Waals surface area contributed by atoms with E-state index in [4.69, 9.17) is 24.8 Å². The zero-order valence-corrected chi connectivity index (χ0v) is 22.7. The first-order chi connectivity index (χ1) is 19.0. The van der Waals surface area contributed by atoms with Gasteiger partial charge in [0.05, 0.1) is 20.1 Å². The van der Waals surface area contributed by atoms with E-state index in [0.29, 0.717) is 18.0 Å². The number of carbonyl (C=O) groups is 1. The first kappa shape index (κ1) is 29.5. The molecule has 40 heavy (non-hydrogen) atoms. The van der Waals surface area contributed by atoms with Gasteiger partial charge in [-0.1, -0.05) is 24.3 Å². The molecule has 4 rings (SSSR count). The Morgan fingerprint density at radius 2 is 1.70 bits per heavy atom. The minimum atomic E-state index is -0.833. The van der Waals surface area contributed by atoms with E-state index in [-0.39, 0.29) is 23.1 Å². The number of hydrogen-bond acceptors (Lipinski definition) is 8. The minimum Gasteiger partial charge on any atom is -0.493 e. The fourth-order valence-electron chi connectivity index (χ4n) is 3.82. The molecule has 2 heterocycles. The van der Waals surface area contributed by atoms with Crippen LogP contribution in [0.5, 0.6) is 11.5 Å². The smallest absolute Gasteiger partial charge is 0.350 e. The molecule has 0 aliphatic rings. The van der Waals surface area contributed by atoms with Gasteiger partial charge in [0.1, 0.15) is 17.5 Å². The normalized spacial score (nSPS) is 11.2. The van der Waals surface area contributed by atoms with E-state index in [0.717, 1.165) is 22.7 Å². The van der Waals surface area contributed by atoms with Gasteiger partial charge in [-0.15, -0.1) is 9.78 Å². The second-order valence-corrected chi connectivity index (χ2v) is 8.72. The van der Waals surface area contributed by atoms with Crippen molar-refractivity contribution in [2.75, 3.05) is 28.3 Å². The molecule has 2 aromatic heterocycles. The number of carboxylic acids is 1. The molecule has 0 aliphatic heterocycles. The number of rotatable bonds is 8. The molecule has 210 valence electrons. The molecular weight excluding hydrogens is 521 g/mol. The number of amidine groups is 1. The second kappa shape index (κ2) is 13.1. The van der Waals surface area contributed by atoms with Crippen molar-refractivity contribution in [3.8, 4) is 17.4 Å². The number of ether oxygens (including phenoxy) is 2. The Labute approximate surface area is 229 Å². The Morgan fingerprint density at radius 3 is 2.25 bits per heavy atom. The summed E-state index contributed by atoms with van der Waals surface area (Å²) >= 11 is 0. The third kappa shape index (κ3) is 7.07. The van der Waals surface area contributed by atoms with Crippen molar-refractivity contribution >= 4 is 11.8 Å². The highest BCUT2D eigenvalue weighted by atomic mass is 19.1. The molecule has 0 saturated carbocycles. The summed E-state index contributed by atoms with van der Waals surface area (Å²) in [6.07, 6.45) is 3.31. The lowest BCUT2D eigenvalue weighted by Gasteiger charge is -2.19. The van der Waals surface area contributed by atoms with E-state index in [1.165, 1.54) is 32.7 Å². The molecule has 0 amide bonds. The standard InChI is InChI=1S/C25H26FN7O3.C2H4O2/c1-32(2)22(27)16-8-6-15(7-9-16)12-18(17-13-20(35-3)21(36-4)14-19(17)26)23-30-25(34)33(31-23)24-28-10-5-11-29-24;1-2(3)4/h5-11,13-14,18,27H,12H2,1-4H3,(H,30,31,34);1H3,(H,3,4). The van der Waals surface area contributed by atoms with Crippen LogP contribution in [-0.4, -0.2) is 74.9 Å². The van der Waals surface area contributed by atoms with Crippen LogP contribution in [0.2, 0.25) is 0 Å². The predicted molar refractivity (Wildman–Crippen MR) is 145 cm³/mol. The van der Waals surface area contributed by atoms with E-state index in [1.807, 2.05) is 24.3 Å². The van der Waals surface area contributed by atoms with Crippen molar-refractivity contribution < 1.29 is 23.8 Å². The van der Waals surface area contributed by atoms with Gasteiger partial charge in [0.2, 0.25) is 0 Å². The fraction of sp³-hybridized carbons (Fsp3) is 0.259. The van der Waals surface area contributed by atoms with Crippen LogP contribution in [-0.2, 0) is 11.2 Å². The molecule has 12 nitrogen and oxygen atoms in total. The van der Waals surface area contributed by atoms with Crippen LogP contribution in [0.1, 0.15) is 35.4 Å². The van der Waals surface area contributed by atoms with Gasteiger partial charge < -0.3 is 19.5 Å². The minimum absolute atomic E-state index is 0.100. The lowest BCUT2D eigenvalue weighted by Crippen LogP contribution is -2.21. The number of methoxy groups -OCH3 is 2. The highest BCUT2D eigenvalue weighted by Crippen LogP contribution is 2.36. The van der Waals surface area contributed by atoms with E-state index >= 15 is 4.39 Å². The molecule has 0 saturated heterocycles. The fourth-order valence-corrected chi connectivity index (χ4v) is 3.82. The van der Waals surface area contributed by atoms with Crippen LogP contribution in [0, 0.1) is 11.2 Å². The van der Waals surface area contributed by atoms with Crippen LogP contribution in [0.3, 0.4) is 0 Å². The third-order valence-corrected chi connectivity index (χ3v) is 5.70. The number of halogens is 1. The van der Waals surface area contributed by atoms with E-state index in [2.05, 4.69) is 20.1 Å². The van der Waals surface area contributed by atoms with E-state index < -0.39 is 23.4 Å². The summed E-state index contributed by atoms with van der Waals surface area (Å²) < 4.78 is 27.0. The first-order valence-electron chi connectivity index (χ1n) is 12.0. The van der Waals surface area contributed by atoms with Crippen molar-refractivity contribution in [1.29, 1.82) is 5.41 Å². The zero-order valence-electron chi connectivity index (χ0n) is 22.7.